The lowest BCUT2D eigenvalue weighted by Crippen LogP contribution is -2.50. The summed E-state index contributed by atoms with van der Waals surface area (Å²) >= 11 is 0. The molecule has 5 heteroatoms. The van der Waals surface area contributed by atoms with E-state index in [-0.39, 0.29) is 6.03 Å². The maximum Gasteiger partial charge on any atom is 0.321 e. The minimum Gasteiger partial charge on any atom is -0.372 e. The standard InChI is InChI=1S/C21H34N4O/c1-18(2)10-13-23-14-16-25(17-15-23)21(26)22-19-6-8-20(9-7-19)24-11-4-3-5-12-24/h6-9,18H,3-5,10-17H2,1-2H3,(H,22,26). The molecule has 0 radical (unpaired) electrons. The summed E-state index contributed by atoms with van der Waals surface area (Å²) in [6.45, 7) is 11.6. The average Bonchev–Trinajstić information content (AvgIpc) is 2.68. The molecular weight excluding hydrogens is 324 g/mol. The van der Waals surface area contributed by atoms with E-state index >= 15 is 0 Å². The van der Waals surface area contributed by atoms with Crippen molar-refractivity contribution in [3.8, 4) is 0 Å². The zero-order valence-corrected chi connectivity index (χ0v) is 16.4. The van der Waals surface area contributed by atoms with Crippen molar-refractivity contribution in [2.45, 2.75) is 39.5 Å². The van der Waals surface area contributed by atoms with E-state index < -0.39 is 0 Å². The topological polar surface area (TPSA) is 38.8 Å². The summed E-state index contributed by atoms with van der Waals surface area (Å²) in [5, 5.41) is 3.06. The van der Waals surface area contributed by atoms with Crippen molar-refractivity contribution in [2.24, 2.45) is 5.92 Å². The van der Waals surface area contributed by atoms with Gasteiger partial charge in [0.25, 0.3) is 0 Å². The maximum atomic E-state index is 12.5. The Balaban J connectivity index is 1.44. The zero-order chi connectivity index (χ0) is 18.4. The molecule has 2 amide bonds. The Hall–Kier alpha value is -1.75. The molecule has 5 nitrogen and oxygen atoms in total. The minimum absolute atomic E-state index is 0.0271. The Bertz CT molecular complexity index is 558. The van der Waals surface area contributed by atoms with Gasteiger partial charge in [0.15, 0.2) is 0 Å². The average molecular weight is 359 g/mol. The number of anilines is 2. The molecule has 144 valence electrons. The van der Waals surface area contributed by atoms with Crippen LogP contribution in [0.4, 0.5) is 16.2 Å². The van der Waals surface area contributed by atoms with E-state index in [9.17, 15) is 4.79 Å². The van der Waals surface area contributed by atoms with Crippen LogP contribution in [0, 0.1) is 5.92 Å². The molecular formula is C21H34N4O. The van der Waals surface area contributed by atoms with Gasteiger partial charge in [-0.3, -0.25) is 4.90 Å². The highest BCUT2D eigenvalue weighted by Gasteiger charge is 2.21. The van der Waals surface area contributed by atoms with Crippen molar-refractivity contribution in [1.82, 2.24) is 9.80 Å². The molecule has 2 heterocycles. The van der Waals surface area contributed by atoms with Gasteiger partial charge in [0.1, 0.15) is 0 Å². The van der Waals surface area contributed by atoms with Crippen LogP contribution in [0.25, 0.3) is 0 Å². The van der Waals surface area contributed by atoms with Crippen LogP contribution in [0.2, 0.25) is 0 Å². The van der Waals surface area contributed by atoms with Crippen LogP contribution in [0.5, 0.6) is 0 Å². The number of amides is 2. The summed E-state index contributed by atoms with van der Waals surface area (Å²) in [7, 11) is 0. The van der Waals surface area contributed by atoms with E-state index in [0.717, 1.165) is 57.4 Å². The first-order chi connectivity index (χ1) is 12.6. The van der Waals surface area contributed by atoms with Gasteiger partial charge in [-0.05, 0) is 62.4 Å². The molecule has 0 bridgehead atoms. The molecule has 1 aromatic rings. The lowest BCUT2D eigenvalue weighted by molar-refractivity contribution is 0.143. The molecule has 1 N–H and O–H groups in total. The number of hydrogen-bond acceptors (Lipinski definition) is 3. The molecule has 0 aromatic heterocycles. The minimum atomic E-state index is 0.0271. The molecule has 0 aliphatic carbocycles. The molecule has 0 spiro atoms. The lowest BCUT2D eigenvalue weighted by Gasteiger charge is -2.35. The summed E-state index contributed by atoms with van der Waals surface area (Å²) in [5.41, 5.74) is 2.15. The molecule has 2 fully saturated rings. The van der Waals surface area contributed by atoms with Gasteiger partial charge in [0.05, 0.1) is 0 Å². The fourth-order valence-corrected chi connectivity index (χ4v) is 3.73. The van der Waals surface area contributed by atoms with Crippen molar-refractivity contribution in [1.29, 1.82) is 0 Å². The van der Waals surface area contributed by atoms with E-state index in [0.29, 0.717) is 0 Å². The third kappa shape index (κ3) is 5.37. The first-order valence-electron chi connectivity index (χ1n) is 10.2. The van der Waals surface area contributed by atoms with E-state index in [1.165, 1.54) is 31.4 Å². The van der Waals surface area contributed by atoms with Gasteiger partial charge in [-0.1, -0.05) is 13.8 Å². The highest BCUT2D eigenvalue weighted by molar-refractivity contribution is 5.89. The van der Waals surface area contributed by atoms with Crippen LogP contribution < -0.4 is 10.2 Å². The van der Waals surface area contributed by atoms with Gasteiger partial charge < -0.3 is 15.1 Å². The number of benzene rings is 1. The van der Waals surface area contributed by atoms with Gasteiger partial charge in [0.2, 0.25) is 0 Å². The summed E-state index contributed by atoms with van der Waals surface area (Å²) in [6, 6.07) is 8.34. The Morgan fingerprint density at radius 3 is 2.23 bits per heavy atom. The molecule has 2 aliphatic rings. The van der Waals surface area contributed by atoms with Crippen molar-refractivity contribution in [3.05, 3.63) is 24.3 Å². The van der Waals surface area contributed by atoms with E-state index in [4.69, 9.17) is 0 Å². The second-order valence-corrected chi connectivity index (χ2v) is 8.04. The monoisotopic (exact) mass is 358 g/mol. The fraction of sp³-hybridized carbons (Fsp3) is 0.667. The van der Waals surface area contributed by atoms with Crippen LogP contribution in [0.15, 0.2) is 24.3 Å². The largest absolute Gasteiger partial charge is 0.372 e. The van der Waals surface area contributed by atoms with Crippen LogP contribution in [-0.2, 0) is 0 Å². The molecule has 0 unspecified atom stereocenters. The zero-order valence-electron chi connectivity index (χ0n) is 16.4. The number of nitrogens with one attached hydrogen (secondary N) is 1. The number of hydrogen-bond donors (Lipinski definition) is 1. The first-order valence-corrected chi connectivity index (χ1v) is 10.2. The van der Waals surface area contributed by atoms with Gasteiger partial charge in [-0.15, -0.1) is 0 Å². The fourth-order valence-electron chi connectivity index (χ4n) is 3.73. The quantitative estimate of drug-likeness (QED) is 0.868. The SMILES string of the molecule is CC(C)CCN1CCN(C(=O)Nc2ccc(N3CCCCC3)cc2)CC1. The smallest absolute Gasteiger partial charge is 0.321 e. The van der Waals surface area contributed by atoms with Gasteiger partial charge in [-0.25, -0.2) is 4.79 Å². The van der Waals surface area contributed by atoms with Gasteiger partial charge in [0, 0.05) is 50.6 Å². The number of piperazine rings is 1. The van der Waals surface area contributed by atoms with Crippen LogP contribution in [0.3, 0.4) is 0 Å². The van der Waals surface area contributed by atoms with E-state index in [1.807, 2.05) is 17.0 Å². The molecule has 1 aromatic carbocycles. The first kappa shape index (κ1) is 19.0. The second-order valence-electron chi connectivity index (χ2n) is 8.04. The van der Waals surface area contributed by atoms with Crippen LogP contribution >= 0.6 is 0 Å². The predicted molar refractivity (Wildman–Crippen MR) is 109 cm³/mol. The number of carbonyl (C=O) groups excluding carboxylic acids is 1. The molecule has 0 atom stereocenters. The molecule has 3 rings (SSSR count). The third-order valence-electron chi connectivity index (χ3n) is 5.52. The Labute approximate surface area is 158 Å². The maximum absolute atomic E-state index is 12.5. The van der Waals surface area contributed by atoms with Crippen molar-refractivity contribution < 1.29 is 4.79 Å². The number of urea groups is 1. The van der Waals surface area contributed by atoms with Crippen molar-refractivity contribution in [2.75, 3.05) is 56.0 Å². The highest BCUT2D eigenvalue weighted by Crippen LogP contribution is 2.22. The Kier molecular flexibility index (Phi) is 6.78. The number of nitrogens with zero attached hydrogens (tertiary/aromatic N) is 3. The Morgan fingerprint density at radius 2 is 1.62 bits per heavy atom. The number of carbonyl (C=O) groups is 1. The summed E-state index contributed by atoms with van der Waals surface area (Å²) in [4.78, 5) is 19.4. The van der Waals surface area contributed by atoms with Crippen LogP contribution in [-0.4, -0.2) is 61.6 Å². The number of piperidine rings is 1. The van der Waals surface area contributed by atoms with Gasteiger partial charge in [-0.2, -0.15) is 0 Å². The molecule has 2 aliphatic heterocycles. The molecule has 26 heavy (non-hydrogen) atoms. The number of rotatable bonds is 5. The summed E-state index contributed by atoms with van der Waals surface area (Å²) in [5.74, 6) is 0.740. The normalized spacial score (nSPS) is 19.0. The molecule has 2 saturated heterocycles. The van der Waals surface area contributed by atoms with Crippen molar-refractivity contribution in [3.63, 3.8) is 0 Å². The molecule has 0 saturated carbocycles. The predicted octanol–water partition coefficient (Wildman–Crippen LogP) is 3.87. The second kappa shape index (κ2) is 9.26. The van der Waals surface area contributed by atoms with Crippen LogP contribution in [0.1, 0.15) is 39.5 Å². The third-order valence-corrected chi connectivity index (χ3v) is 5.52. The Morgan fingerprint density at radius 1 is 0.962 bits per heavy atom. The van der Waals surface area contributed by atoms with Gasteiger partial charge >= 0.3 is 6.03 Å². The van der Waals surface area contributed by atoms with E-state index in [1.54, 1.807) is 0 Å². The lowest BCUT2D eigenvalue weighted by atomic mass is 10.1. The van der Waals surface area contributed by atoms with E-state index in [2.05, 4.69) is 41.1 Å². The summed E-state index contributed by atoms with van der Waals surface area (Å²) < 4.78 is 0. The van der Waals surface area contributed by atoms with Crippen molar-refractivity contribution >= 4 is 17.4 Å². The summed E-state index contributed by atoms with van der Waals surface area (Å²) in [6.07, 6.45) is 5.13. The highest BCUT2D eigenvalue weighted by atomic mass is 16.2.